The summed E-state index contributed by atoms with van der Waals surface area (Å²) in [5.41, 5.74) is 1.22. The van der Waals surface area contributed by atoms with Gasteiger partial charge in [0.2, 0.25) is 0 Å². The molecule has 1 heterocycles. The molecule has 5 heteroatoms. The maximum absolute atomic E-state index is 13.9. The lowest BCUT2D eigenvalue weighted by Gasteiger charge is -2.10. The van der Waals surface area contributed by atoms with Gasteiger partial charge < -0.3 is 10.1 Å². The third-order valence-corrected chi connectivity index (χ3v) is 2.56. The van der Waals surface area contributed by atoms with Gasteiger partial charge in [-0.05, 0) is 25.5 Å². The highest BCUT2D eigenvalue weighted by molar-refractivity contribution is 5.60. The van der Waals surface area contributed by atoms with Crippen molar-refractivity contribution in [3.63, 3.8) is 0 Å². The van der Waals surface area contributed by atoms with Crippen molar-refractivity contribution < 1.29 is 9.13 Å². The standard InChI is InChI=1S/C14H16FN3O/c1-3-6-19-11-4-5-13(12(15)7-11)18-14-10(2)8-16-9-17-14/h4-5,7-9H,3,6H2,1-2H3,(H,16,17,18). The molecule has 0 radical (unpaired) electrons. The molecule has 100 valence electrons. The summed E-state index contributed by atoms with van der Waals surface area (Å²) in [4.78, 5) is 7.96. The molecule has 0 aliphatic rings. The Labute approximate surface area is 111 Å². The van der Waals surface area contributed by atoms with E-state index in [9.17, 15) is 4.39 Å². The van der Waals surface area contributed by atoms with E-state index in [1.165, 1.54) is 12.4 Å². The van der Waals surface area contributed by atoms with Crippen LogP contribution in [0.2, 0.25) is 0 Å². The Morgan fingerprint density at radius 3 is 2.89 bits per heavy atom. The van der Waals surface area contributed by atoms with Gasteiger partial charge >= 0.3 is 0 Å². The van der Waals surface area contributed by atoms with Crippen LogP contribution in [0, 0.1) is 12.7 Å². The van der Waals surface area contributed by atoms with E-state index in [0.29, 0.717) is 23.9 Å². The van der Waals surface area contributed by atoms with Gasteiger partial charge in [-0.15, -0.1) is 0 Å². The molecule has 4 nitrogen and oxygen atoms in total. The Kier molecular flexibility index (Phi) is 4.28. The molecule has 0 aliphatic carbocycles. The highest BCUT2D eigenvalue weighted by atomic mass is 19.1. The first-order valence-corrected chi connectivity index (χ1v) is 6.16. The summed E-state index contributed by atoms with van der Waals surface area (Å²) < 4.78 is 19.3. The summed E-state index contributed by atoms with van der Waals surface area (Å²) in [5, 5.41) is 2.94. The molecule has 19 heavy (non-hydrogen) atoms. The molecule has 0 amide bonds. The summed E-state index contributed by atoms with van der Waals surface area (Å²) in [5.74, 6) is 0.757. The first-order valence-electron chi connectivity index (χ1n) is 6.16. The molecule has 0 aliphatic heterocycles. The second kappa shape index (κ2) is 6.13. The van der Waals surface area contributed by atoms with Crippen molar-refractivity contribution in [3.8, 4) is 5.75 Å². The zero-order chi connectivity index (χ0) is 13.7. The molecule has 0 saturated carbocycles. The molecule has 0 atom stereocenters. The Bertz CT molecular complexity index is 560. The molecule has 1 aromatic heterocycles. The number of benzene rings is 1. The monoisotopic (exact) mass is 261 g/mol. The Morgan fingerprint density at radius 2 is 2.21 bits per heavy atom. The van der Waals surface area contributed by atoms with Gasteiger partial charge in [-0.3, -0.25) is 0 Å². The predicted octanol–water partition coefficient (Wildman–Crippen LogP) is 3.46. The number of hydrogen-bond acceptors (Lipinski definition) is 4. The van der Waals surface area contributed by atoms with Crippen LogP contribution < -0.4 is 10.1 Å². The van der Waals surface area contributed by atoms with Crippen molar-refractivity contribution in [1.82, 2.24) is 9.97 Å². The quantitative estimate of drug-likeness (QED) is 0.895. The van der Waals surface area contributed by atoms with Crippen LogP contribution in [0.25, 0.3) is 0 Å². The summed E-state index contributed by atoms with van der Waals surface area (Å²) >= 11 is 0. The average Bonchev–Trinajstić information content (AvgIpc) is 2.41. The van der Waals surface area contributed by atoms with Crippen molar-refractivity contribution in [2.45, 2.75) is 20.3 Å². The van der Waals surface area contributed by atoms with Gasteiger partial charge in [-0.25, -0.2) is 14.4 Å². The Morgan fingerprint density at radius 1 is 1.37 bits per heavy atom. The fourth-order valence-corrected chi connectivity index (χ4v) is 1.56. The molecule has 2 rings (SSSR count). The van der Waals surface area contributed by atoms with Crippen LogP contribution in [0.5, 0.6) is 5.75 Å². The van der Waals surface area contributed by atoms with Crippen LogP contribution in [-0.2, 0) is 0 Å². The molecular weight excluding hydrogens is 245 g/mol. The molecule has 1 N–H and O–H groups in total. The third-order valence-electron chi connectivity index (χ3n) is 2.56. The van der Waals surface area contributed by atoms with Gasteiger partial charge in [0, 0.05) is 17.8 Å². The van der Waals surface area contributed by atoms with Gasteiger partial charge in [-0.2, -0.15) is 0 Å². The summed E-state index contributed by atoms with van der Waals surface area (Å²) in [6.45, 7) is 4.44. The second-order valence-corrected chi connectivity index (χ2v) is 4.17. The van der Waals surface area contributed by atoms with Crippen molar-refractivity contribution in [1.29, 1.82) is 0 Å². The van der Waals surface area contributed by atoms with Gasteiger partial charge in [0.05, 0.1) is 12.3 Å². The normalized spacial score (nSPS) is 10.3. The van der Waals surface area contributed by atoms with Gasteiger partial charge in [-0.1, -0.05) is 6.92 Å². The predicted molar refractivity (Wildman–Crippen MR) is 72.2 cm³/mol. The number of aryl methyl sites for hydroxylation is 1. The maximum Gasteiger partial charge on any atom is 0.150 e. The Balaban J connectivity index is 2.15. The summed E-state index contributed by atoms with van der Waals surface area (Å²) in [6, 6.07) is 4.74. The minimum absolute atomic E-state index is 0.366. The number of aromatic nitrogens is 2. The summed E-state index contributed by atoms with van der Waals surface area (Å²) in [6.07, 6.45) is 3.99. The first-order chi connectivity index (χ1) is 9.20. The van der Waals surface area contributed by atoms with Crippen molar-refractivity contribution in [3.05, 3.63) is 42.1 Å². The third kappa shape index (κ3) is 3.40. The number of hydrogen-bond donors (Lipinski definition) is 1. The fourth-order valence-electron chi connectivity index (χ4n) is 1.56. The second-order valence-electron chi connectivity index (χ2n) is 4.17. The molecular formula is C14H16FN3O. The van der Waals surface area contributed by atoms with Crippen molar-refractivity contribution >= 4 is 11.5 Å². The van der Waals surface area contributed by atoms with E-state index in [1.54, 1.807) is 18.3 Å². The highest BCUT2D eigenvalue weighted by Gasteiger charge is 2.07. The van der Waals surface area contributed by atoms with Crippen LogP contribution in [0.3, 0.4) is 0 Å². The largest absolute Gasteiger partial charge is 0.493 e. The lowest BCUT2D eigenvalue weighted by Crippen LogP contribution is -2.00. The minimum Gasteiger partial charge on any atom is -0.493 e. The minimum atomic E-state index is -0.369. The molecule has 1 aromatic carbocycles. The van der Waals surface area contributed by atoms with Crippen LogP contribution in [0.1, 0.15) is 18.9 Å². The van der Waals surface area contributed by atoms with E-state index in [0.717, 1.165) is 12.0 Å². The van der Waals surface area contributed by atoms with Crippen LogP contribution in [-0.4, -0.2) is 16.6 Å². The molecule has 0 saturated heterocycles. The highest BCUT2D eigenvalue weighted by Crippen LogP contribution is 2.24. The van der Waals surface area contributed by atoms with Gasteiger partial charge in [0.25, 0.3) is 0 Å². The molecule has 0 fully saturated rings. The van der Waals surface area contributed by atoms with E-state index in [2.05, 4.69) is 15.3 Å². The zero-order valence-corrected chi connectivity index (χ0v) is 11.0. The lowest BCUT2D eigenvalue weighted by molar-refractivity contribution is 0.316. The number of anilines is 2. The molecule has 0 bridgehead atoms. The van der Waals surface area contributed by atoms with Crippen LogP contribution >= 0.6 is 0 Å². The fraction of sp³-hybridized carbons (Fsp3) is 0.286. The topological polar surface area (TPSA) is 47.0 Å². The van der Waals surface area contributed by atoms with Crippen molar-refractivity contribution in [2.24, 2.45) is 0 Å². The number of halogens is 1. The molecule has 2 aromatic rings. The van der Waals surface area contributed by atoms with E-state index in [-0.39, 0.29) is 5.82 Å². The maximum atomic E-state index is 13.9. The average molecular weight is 261 g/mol. The number of rotatable bonds is 5. The van der Waals surface area contributed by atoms with E-state index in [4.69, 9.17) is 4.74 Å². The van der Waals surface area contributed by atoms with Gasteiger partial charge in [0.15, 0.2) is 0 Å². The zero-order valence-electron chi connectivity index (χ0n) is 11.0. The number of nitrogens with one attached hydrogen (secondary N) is 1. The number of nitrogens with zero attached hydrogens (tertiary/aromatic N) is 2. The van der Waals surface area contributed by atoms with E-state index in [1.807, 2.05) is 13.8 Å². The lowest BCUT2D eigenvalue weighted by atomic mass is 10.2. The van der Waals surface area contributed by atoms with E-state index < -0.39 is 0 Å². The smallest absolute Gasteiger partial charge is 0.150 e. The van der Waals surface area contributed by atoms with Crippen molar-refractivity contribution in [2.75, 3.05) is 11.9 Å². The van der Waals surface area contributed by atoms with E-state index >= 15 is 0 Å². The SMILES string of the molecule is CCCOc1ccc(Nc2ncncc2C)c(F)c1. The first kappa shape index (κ1) is 13.3. The van der Waals surface area contributed by atoms with Gasteiger partial charge in [0.1, 0.15) is 23.7 Å². The molecule has 0 spiro atoms. The summed E-state index contributed by atoms with van der Waals surface area (Å²) in [7, 11) is 0. The Hall–Kier alpha value is -2.17. The van der Waals surface area contributed by atoms with Crippen LogP contribution in [0.15, 0.2) is 30.7 Å². The molecule has 0 unspecified atom stereocenters. The number of ether oxygens (including phenoxy) is 1. The van der Waals surface area contributed by atoms with Crippen LogP contribution in [0.4, 0.5) is 15.9 Å².